The van der Waals surface area contributed by atoms with Crippen LogP contribution in [0, 0.1) is 5.92 Å². The van der Waals surface area contributed by atoms with Gasteiger partial charge in [0, 0.05) is 12.3 Å². The average Bonchev–Trinajstić information content (AvgIpc) is 2.40. The van der Waals surface area contributed by atoms with Gasteiger partial charge in [0.1, 0.15) is 0 Å². The molecule has 1 saturated heterocycles. The predicted molar refractivity (Wildman–Crippen MR) is 71.0 cm³/mol. The number of nitrogens with two attached hydrogens (primary N) is 1. The van der Waals surface area contributed by atoms with Crippen LogP contribution in [0.5, 0.6) is 0 Å². The first kappa shape index (κ1) is 12.9. The number of anilines is 1. The van der Waals surface area contributed by atoms with Crippen molar-refractivity contribution in [2.75, 3.05) is 18.9 Å². The van der Waals surface area contributed by atoms with Crippen LogP contribution in [-0.4, -0.2) is 19.1 Å². The van der Waals surface area contributed by atoms with Gasteiger partial charge in [-0.2, -0.15) is 0 Å². The third-order valence-corrected chi connectivity index (χ3v) is 3.33. The maximum Gasteiger partial charge on any atom is 0.225 e. The molecule has 0 aromatic heterocycles. The van der Waals surface area contributed by atoms with Crippen molar-refractivity contribution in [3.05, 3.63) is 29.8 Å². The van der Waals surface area contributed by atoms with E-state index < -0.39 is 0 Å². The van der Waals surface area contributed by atoms with Crippen LogP contribution in [0.25, 0.3) is 0 Å². The molecule has 1 heterocycles. The van der Waals surface area contributed by atoms with Gasteiger partial charge in [0.25, 0.3) is 0 Å². The summed E-state index contributed by atoms with van der Waals surface area (Å²) in [6.45, 7) is 3.30. The van der Waals surface area contributed by atoms with Crippen molar-refractivity contribution in [2.24, 2.45) is 5.92 Å². The monoisotopic (exact) mass is 248 g/mol. The second-order valence-corrected chi connectivity index (χ2v) is 4.81. The van der Waals surface area contributed by atoms with Gasteiger partial charge in [-0.15, -0.1) is 0 Å². The number of carbonyl (C=O) groups is 1. The molecule has 3 N–H and O–H groups in total. The van der Waals surface area contributed by atoms with Crippen molar-refractivity contribution in [3.8, 4) is 0 Å². The lowest BCUT2D eigenvalue weighted by Crippen LogP contribution is -2.36. The molecule has 98 valence electrons. The molecule has 2 unspecified atom stereocenters. The number of carbonyl (C=O) groups excluding carboxylic acids is 1. The highest BCUT2D eigenvalue weighted by Crippen LogP contribution is 2.18. The quantitative estimate of drug-likeness (QED) is 0.803. The van der Waals surface area contributed by atoms with Crippen molar-refractivity contribution in [3.63, 3.8) is 0 Å². The van der Waals surface area contributed by atoms with Crippen LogP contribution >= 0.6 is 0 Å². The van der Waals surface area contributed by atoms with E-state index >= 15 is 0 Å². The van der Waals surface area contributed by atoms with Gasteiger partial charge in [0.05, 0.1) is 18.6 Å². The summed E-state index contributed by atoms with van der Waals surface area (Å²) < 4.78 is 5.33. The first-order chi connectivity index (χ1) is 8.66. The third kappa shape index (κ3) is 3.23. The van der Waals surface area contributed by atoms with E-state index in [4.69, 9.17) is 10.5 Å². The van der Waals surface area contributed by atoms with Gasteiger partial charge in [-0.3, -0.25) is 4.79 Å². The molecule has 2 rings (SSSR count). The molecule has 1 aromatic carbocycles. The molecule has 2 atom stereocenters. The van der Waals surface area contributed by atoms with E-state index in [1.54, 1.807) is 0 Å². The number of ether oxygens (including phenoxy) is 1. The number of hydrogen-bond acceptors (Lipinski definition) is 3. The zero-order valence-electron chi connectivity index (χ0n) is 10.7. The summed E-state index contributed by atoms with van der Waals surface area (Å²) in [5.41, 5.74) is 7.44. The van der Waals surface area contributed by atoms with Crippen molar-refractivity contribution in [2.45, 2.75) is 25.8 Å². The van der Waals surface area contributed by atoms with E-state index in [9.17, 15) is 4.79 Å². The molecule has 0 saturated carbocycles. The van der Waals surface area contributed by atoms with Gasteiger partial charge >= 0.3 is 0 Å². The normalized spacial score (nSPS) is 21.3. The Hall–Kier alpha value is -1.55. The molecule has 1 aliphatic rings. The third-order valence-electron chi connectivity index (χ3n) is 3.33. The van der Waals surface area contributed by atoms with Crippen LogP contribution < -0.4 is 11.1 Å². The van der Waals surface area contributed by atoms with Gasteiger partial charge in [-0.1, -0.05) is 12.1 Å². The molecule has 4 heteroatoms. The van der Waals surface area contributed by atoms with Crippen molar-refractivity contribution < 1.29 is 9.53 Å². The second kappa shape index (κ2) is 5.87. The number of rotatable bonds is 3. The molecule has 1 amide bonds. The van der Waals surface area contributed by atoms with E-state index in [0.717, 1.165) is 30.7 Å². The van der Waals surface area contributed by atoms with Gasteiger partial charge in [0.15, 0.2) is 0 Å². The average molecular weight is 248 g/mol. The Morgan fingerprint density at radius 2 is 2.17 bits per heavy atom. The number of amides is 1. The Morgan fingerprint density at radius 1 is 1.44 bits per heavy atom. The van der Waals surface area contributed by atoms with Crippen molar-refractivity contribution >= 4 is 11.6 Å². The Labute approximate surface area is 108 Å². The van der Waals surface area contributed by atoms with Gasteiger partial charge in [-0.05, 0) is 37.5 Å². The van der Waals surface area contributed by atoms with Gasteiger partial charge in [0.2, 0.25) is 5.91 Å². The summed E-state index contributed by atoms with van der Waals surface area (Å²) in [4.78, 5) is 12.0. The van der Waals surface area contributed by atoms with E-state index in [1.165, 1.54) is 0 Å². The Bertz CT molecular complexity index is 397. The fourth-order valence-corrected chi connectivity index (χ4v) is 2.15. The number of hydrogen-bond donors (Lipinski definition) is 2. The number of benzene rings is 1. The van der Waals surface area contributed by atoms with E-state index in [1.807, 2.05) is 31.2 Å². The maximum atomic E-state index is 12.0. The molecule has 1 fully saturated rings. The standard InChI is InChI=1S/C14H20N2O2/c1-10(11-4-6-13(15)7-5-11)16-14(17)12-3-2-8-18-9-12/h4-7,10,12H,2-3,8-9,15H2,1H3,(H,16,17). The summed E-state index contributed by atoms with van der Waals surface area (Å²) >= 11 is 0. The lowest BCUT2D eigenvalue weighted by atomic mass is 10.00. The van der Waals surface area contributed by atoms with Crippen LogP contribution in [0.1, 0.15) is 31.4 Å². The van der Waals surface area contributed by atoms with Gasteiger partial charge < -0.3 is 15.8 Å². The van der Waals surface area contributed by atoms with E-state index in [2.05, 4.69) is 5.32 Å². The largest absolute Gasteiger partial charge is 0.399 e. The summed E-state index contributed by atoms with van der Waals surface area (Å²) in [7, 11) is 0. The first-order valence-electron chi connectivity index (χ1n) is 6.40. The Kier molecular flexibility index (Phi) is 4.20. The molecule has 0 bridgehead atoms. The molecular formula is C14H20N2O2. The van der Waals surface area contributed by atoms with Crippen molar-refractivity contribution in [1.82, 2.24) is 5.32 Å². The highest BCUT2D eigenvalue weighted by molar-refractivity contribution is 5.79. The molecule has 0 spiro atoms. The van der Waals surface area contributed by atoms with Gasteiger partial charge in [-0.25, -0.2) is 0 Å². The summed E-state index contributed by atoms with van der Waals surface area (Å²) in [5.74, 6) is 0.0778. The predicted octanol–water partition coefficient (Wildman–Crippen LogP) is 1.87. The minimum atomic E-state index is -0.00465. The van der Waals surface area contributed by atoms with Crippen LogP contribution in [0.4, 0.5) is 5.69 Å². The van der Waals surface area contributed by atoms with E-state index in [-0.39, 0.29) is 17.9 Å². The highest BCUT2D eigenvalue weighted by atomic mass is 16.5. The smallest absolute Gasteiger partial charge is 0.225 e. The SMILES string of the molecule is CC(NC(=O)C1CCCOC1)c1ccc(N)cc1. The Morgan fingerprint density at radius 3 is 2.78 bits per heavy atom. The molecule has 1 aromatic rings. The van der Waals surface area contributed by atoms with E-state index in [0.29, 0.717) is 6.61 Å². The Balaban J connectivity index is 1.91. The highest BCUT2D eigenvalue weighted by Gasteiger charge is 2.23. The van der Waals surface area contributed by atoms with Crippen LogP contribution in [0.2, 0.25) is 0 Å². The molecule has 18 heavy (non-hydrogen) atoms. The van der Waals surface area contributed by atoms with Crippen LogP contribution in [0.15, 0.2) is 24.3 Å². The zero-order valence-corrected chi connectivity index (χ0v) is 10.7. The molecular weight excluding hydrogens is 228 g/mol. The second-order valence-electron chi connectivity index (χ2n) is 4.81. The van der Waals surface area contributed by atoms with Crippen LogP contribution in [-0.2, 0) is 9.53 Å². The summed E-state index contributed by atoms with van der Waals surface area (Å²) in [6.07, 6.45) is 1.88. The fourth-order valence-electron chi connectivity index (χ4n) is 2.15. The summed E-state index contributed by atoms with van der Waals surface area (Å²) in [5, 5.41) is 3.03. The number of nitrogens with one attached hydrogen (secondary N) is 1. The van der Waals surface area contributed by atoms with Crippen molar-refractivity contribution in [1.29, 1.82) is 0 Å². The van der Waals surface area contributed by atoms with Crippen LogP contribution in [0.3, 0.4) is 0 Å². The lowest BCUT2D eigenvalue weighted by Gasteiger charge is -2.23. The molecule has 0 aliphatic carbocycles. The lowest BCUT2D eigenvalue weighted by molar-refractivity contribution is -0.129. The first-order valence-corrected chi connectivity index (χ1v) is 6.40. The maximum absolute atomic E-state index is 12.0. The fraction of sp³-hybridized carbons (Fsp3) is 0.500. The number of nitrogen functional groups attached to an aromatic ring is 1. The zero-order chi connectivity index (χ0) is 13.0. The molecule has 4 nitrogen and oxygen atoms in total. The summed E-state index contributed by atoms with van der Waals surface area (Å²) in [6, 6.07) is 7.58. The molecule has 1 aliphatic heterocycles. The molecule has 0 radical (unpaired) electrons. The minimum absolute atomic E-state index is 0.0000246. The minimum Gasteiger partial charge on any atom is -0.399 e. The topological polar surface area (TPSA) is 64.3 Å².